The number of hydrogen-bond acceptors (Lipinski definition) is 3. The molecule has 0 rings (SSSR count). The Bertz CT molecular complexity index is 164. The van der Waals surface area contributed by atoms with Gasteiger partial charge < -0.3 is 10.5 Å². The van der Waals surface area contributed by atoms with Gasteiger partial charge >= 0.3 is 0 Å². The average Bonchev–Trinajstić information content (AvgIpc) is 2.29. The van der Waals surface area contributed by atoms with Gasteiger partial charge in [0.1, 0.15) is 0 Å². The van der Waals surface area contributed by atoms with Crippen LogP contribution in [0.25, 0.3) is 0 Å². The van der Waals surface area contributed by atoms with Crippen LogP contribution < -0.4 is 5.73 Å². The molecule has 0 heterocycles. The van der Waals surface area contributed by atoms with Crippen LogP contribution in [-0.2, 0) is 4.74 Å². The van der Waals surface area contributed by atoms with E-state index in [4.69, 9.17) is 10.5 Å². The molecule has 0 saturated carbocycles. The molecule has 0 saturated heterocycles. The van der Waals surface area contributed by atoms with E-state index in [1.807, 2.05) is 0 Å². The van der Waals surface area contributed by atoms with Crippen LogP contribution in [0.2, 0.25) is 0 Å². The van der Waals surface area contributed by atoms with Crippen LogP contribution in [0.4, 0.5) is 0 Å². The quantitative estimate of drug-likeness (QED) is 0.585. The minimum absolute atomic E-state index is 0.156. The summed E-state index contributed by atoms with van der Waals surface area (Å²) in [5.74, 6) is 0. The van der Waals surface area contributed by atoms with Crippen LogP contribution >= 0.6 is 0 Å². The molecule has 98 valence electrons. The highest BCUT2D eigenvalue weighted by molar-refractivity contribution is 4.85. The zero-order valence-corrected chi connectivity index (χ0v) is 11.6. The van der Waals surface area contributed by atoms with Gasteiger partial charge in [-0.1, -0.05) is 26.2 Å². The predicted octanol–water partition coefficient (Wildman–Crippen LogP) is 2.25. The third kappa shape index (κ3) is 5.83. The van der Waals surface area contributed by atoms with E-state index in [1.54, 1.807) is 7.11 Å². The maximum absolute atomic E-state index is 5.92. The second-order valence-corrected chi connectivity index (χ2v) is 4.93. The van der Waals surface area contributed by atoms with E-state index in [0.717, 1.165) is 26.1 Å². The minimum Gasteiger partial charge on any atom is -0.385 e. The van der Waals surface area contributed by atoms with Crippen molar-refractivity contribution in [2.45, 2.75) is 51.5 Å². The molecule has 2 N–H and O–H groups in total. The first-order chi connectivity index (χ1) is 7.60. The smallest absolute Gasteiger partial charge is 0.0474 e. The van der Waals surface area contributed by atoms with Gasteiger partial charge in [0.25, 0.3) is 0 Å². The molecule has 16 heavy (non-hydrogen) atoms. The Balaban J connectivity index is 3.99. The van der Waals surface area contributed by atoms with Crippen molar-refractivity contribution in [3.63, 3.8) is 0 Å². The van der Waals surface area contributed by atoms with Crippen LogP contribution in [-0.4, -0.2) is 44.3 Å². The lowest BCUT2D eigenvalue weighted by atomic mass is 9.92. The average molecular weight is 230 g/mol. The number of likely N-dealkylation sites (N-methyl/N-ethyl adjacent to an activating group) is 1. The van der Waals surface area contributed by atoms with Gasteiger partial charge in [0.05, 0.1) is 0 Å². The molecule has 0 radical (unpaired) electrons. The van der Waals surface area contributed by atoms with Gasteiger partial charge in [0.15, 0.2) is 0 Å². The maximum atomic E-state index is 5.92. The van der Waals surface area contributed by atoms with Crippen molar-refractivity contribution in [1.29, 1.82) is 0 Å². The summed E-state index contributed by atoms with van der Waals surface area (Å²) in [5.41, 5.74) is 6.08. The van der Waals surface area contributed by atoms with Crippen molar-refractivity contribution >= 4 is 0 Å². The van der Waals surface area contributed by atoms with E-state index in [-0.39, 0.29) is 5.54 Å². The van der Waals surface area contributed by atoms with Crippen molar-refractivity contribution < 1.29 is 4.74 Å². The van der Waals surface area contributed by atoms with E-state index in [1.165, 1.54) is 25.7 Å². The maximum Gasteiger partial charge on any atom is 0.0474 e. The van der Waals surface area contributed by atoms with Crippen LogP contribution in [0.15, 0.2) is 0 Å². The molecule has 0 aromatic rings. The van der Waals surface area contributed by atoms with Crippen LogP contribution in [0, 0.1) is 0 Å². The molecule has 0 aromatic heterocycles. The monoisotopic (exact) mass is 230 g/mol. The standard InChI is InChI=1S/C13H30N2O/c1-5-6-7-9-13(2,12-14)15(3)10-8-11-16-4/h5-12,14H2,1-4H3. The second kappa shape index (κ2) is 8.97. The molecule has 0 fully saturated rings. The molecule has 0 amide bonds. The molecule has 0 spiro atoms. The van der Waals surface area contributed by atoms with Crippen molar-refractivity contribution in [3.05, 3.63) is 0 Å². The summed E-state index contributed by atoms with van der Waals surface area (Å²) in [5, 5.41) is 0. The third-order valence-electron chi connectivity index (χ3n) is 3.52. The zero-order chi connectivity index (χ0) is 12.4. The Morgan fingerprint density at radius 2 is 1.94 bits per heavy atom. The number of unbranched alkanes of at least 4 members (excludes halogenated alkanes) is 2. The minimum atomic E-state index is 0.156. The first-order valence-electron chi connectivity index (χ1n) is 6.51. The van der Waals surface area contributed by atoms with Crippen molar-refractivity contribution in [1.82, 2.24) is 4.90 Å². The fraction of sp³-hybridized carbons (Fsp3) is 1.00. The van der Waals surface area contributed by atoms with Gasteiger partial charge in [0, 0.05) is 32.3 Å². The normalized spacial score (nSPS) is 15.4. The molecule has 0 aliphatic rings. The van der Waals surface area contributed by atoms with Gasteiger partial charge in [-0.05, 0) is 26.8 Å². The van der Waals surface area contributed by atoms with E-state index >= 15 is 0 Å². The highest BCUT2D eigenvalue weighted by Crippen LogP contribution is 2.20. The Labute approximate surface area is 101 Å². The fourth-order valence-corrected chi connectivity index (χ4v) is 1.92. The number of hydrogen-bond donors (Lipinski definition) is 1. The fourth-order valence-electron chi connectivity index (χ4n) is 1.92. The Hall–Kier alpha value is -0.120. The summed E-state index contributed by atoms with van der Waals surface area (Å²) in [4.78, 5) is 2.39. The summed E-state index contributed by atoms with van der Waals surface area (Å²) in [6, 6.07) is 0. The van der Waals surface area contributed by atoms with E-state index in [9.17, 15) is 0 Å². The Kier molecular flexibility index (Phi) is 8.90. The molecular weight excluding hydrogens is 200 g/mol. The molecular formula is C13H30N2O. The molecule has 3 heteroatoms. The van der Waals surface area contributed by atoms with Gasteiger partial charge in [0.2, 0.25) is 0 Å². The second-order valence-electron chi connectivity index (χ2n) is 4.93. The topological polar surface area (TPSA) is 38.5 Å². The van der Waals surface area contributed by atoms with E-state index in [2.05, 4.69) is 25.8 Å². The van der Waals surface area contributed by atoms with Crippen molar-refractivity contribution in [2.24, 2.45) is 5.73 Å². The molecule has 0 bridgehead atoms. The first kappa shape index (κ1) is 15.9. The number of rotatable bonds is 10. The molecule has 3 nitrogen and oxygen atoms in total. The summed E-state index contributed by atoms with van der Waals surface area (Å²) in [7, 11) is 3.93. The van der Waals surface area contributed by atoms with E-state index in [0.29, 0.717) is 0 Å². The molecule has 1 unspecified atom stereocenters. The van der Waals surface area contributed by atoms with Gasteiger partial charge in [-0.3, -0.25) is 4.90 Å². The largest absolute Gasteiger partial charge is 0.385 e. The van der Waals surface area contributed by atoms with E-state index < -0.39 is 0 Å². The third-order valence-corrected chi connectivity index (χ3v) is 3.52. The Morgan fingerprint density at radius 3 is 2.44 bits per heavy atom. The van der Waals surface area contributed by atoms with Crippen LogP contribution in [0.3, 0.4) is 0 Å². The van der Waals surface area contributed by atoms with Crippen LogP contribution in [0.5, 0.6) is 0 Å². The van der Waals surface area contributed by atoms with Gasteiger partial charge in [-0.25, -0.2) is 0 Å². The summed E-state index contributed by atoms with van der Waals surface area (Å²) in [6.07, 6.45) is 6.13. The number of nitrogens with two attached hydrogens (primary N) is 1. The lowest BCUT2D eigenvalue weighted by Crippen LogP contribution is -2.50. The molecule has 0 aliphatic carbocycles. The SMILES string of the molecule is CCCCCC(C)(CN)N(C)CCCOC. The lowest BCUT2D eigenvalue weighted by molar-refractivity contribution is 0.110. The molecule has 0 aliphatic heterocycles. The zero-order valence-electron chi connectivity index (χ0n) is 11.6. The highest BCUT2D eigenvalue weighted by Gasteiger charge is 2.26. The van der Waals surface area contributed by atoms with Crippen molar-refractivity contribution in [2.75, 3.05) is 33.9 Å². The number of nitrogens with zero attached hydrogens (tertiary/aromatic N) is 1. The molecule has 1 atom stereocenters. The summed E-state index contributed by atoms with van der Waals surface area (Å²) < 4.78 is 5.08. The number of methoxy groups -OCH3 is 1. The van der Waals surface area contributed by atoms with Gasteiger partial charge in [-0.2, -0.15) is 0 Å². The highest BCUT2D eigenvalue weighted by atomic mass is 16.5. The summed E-state index contributed by atoms with van der Waals surface area (Å²) >= 11 is 0. The molecule has 0 aromatic carbocycles. The van der Waals surface area contributed by atoms with Gasteiger partial charge in [-0.15, -0.1) is 0 Å². The van der Waals surface area contributed by atoms with Crippen molar-refractivity contribution in [3.8, 4) is 0 Å². The predicted molar refractivity (Wildman–Crippen MR) is 70.7 cm³/mol. The summed E-state index contributed by atoms with van der Waals surface area (Å²) in [6.45, 7) is 7.14. The number of ether oxygens (including phenoxy) is 1. The lowest BCUT2D eigenvalue weighted by Gasteiger charge is -2.38. The van der Waals surface area contributed by atoms with Crippen LogP contribution in [0.1, 0.15) is 46.0 Å². The first-order valence-corrected chi connectivity index (χ1v) is 6.51. The Morgan fingerprint density at radius 1 is 1.25 bits per heavy atom.